The number of hydrogen-bond acceptors (Lipinski definition) is 3. The van der Waals surface area contributed by atoms with Crippen molar-refractivity contribution in [3.05, 3.63) is 0 Å². The van der Waals surface area contributed by atoms with Gasteiger partial charge >= 0.3 is 6.09 Å². The molecule has 0 aromatic carbocycles. The van der Waals surface area contributed by atoms with E-state index in [-0.39, 0.29) is 0 Å². The molecule has 0 saturated heterocycles. The van der Waals surface area contributed by atoms with Crippen molar-refractivity contribution in [2.45, 2.75) is 13.8 Å². The third-order valence-electron chi connectivity index (χ3n) is 0.979. The van der Waals surface area contributed by atoms with Crippen molar-refractivity contribution in [1.82, 2.24) is 5.06 Å². The van der Waals surface area contributed by atoms with E-state index in [1.807, 2.05) is 0 Å². The predicted molar refractivity (Wildman–Crippen MR) is 36.4 cm³/mol. The zero-order chi connectivity index (χ0) is 7.98. The van der Waals surface area contributed by atoms with Gasteiger partial charge in [-0.3, -0.25) is 4.84 Å². The van der Waals surface area contributed by atoms with E-state index >= 15 is 0 Å². The Morgan fingerprint density at radius 3 is 2.40 bits per heavy atom. The van der Waals surface area contributed by atoms with Crippen LogP contribution >= 0.6 is 0 Å². The Labute approximate surface area is 60.7 Å². The highest BCUT2D eigenvalue weighted by atomic mass is 16.7. The summed E-state index contributed by atoms with van der Waals surface area (Å²) in [7, 11) is 1.43. The zero-order valence-electron chi connectivity index (χ0n) is 6.59. The fourth-order valence-electron chi connectivity index (χ4n) is 0.528. The first-order valence-electron chi connectivity index (χ1n) is 3.24. The lowest BCUT2D eigenvalue weighted by molar-refractivity contribution is -0.105. The monoisotopic (exact) mass is 147 g/mol. The van der Waals surface area contributed by atoms with Crippen LogP contribution in [0.25, 0.3) is 0 Å². The quantitative estimate of drug-likeness (QED) is 0.559. The first kappa shape index (κ1) is 9.23. The molecule has 0 N–H and O–H groups in total. The normalized spacial score (nSPS) is 9.10. The maximum Gasteiger partial charge on any atom is 0.433 e. The van der Waals surface area contributed by atoms with Crippen LogP contribution in [0.3, 0.4) is 0 Å². The molecule has 60 valence electrons. The molecule has 0 aliphatic rings. The van der Waals surface area contributed by atoms with Gasteiger partial charge in [0.25, 0.3) is 0 Å². The van der Waals surface area contributed by atoms with Gasteiger partial charge in [0.1, 0.15) is 0 Å². The van der Waals surface area contributed by atoms with Crippen molar-refractivity contribution in [2.75, 3.05) is 20.3 Å². The summed E-state index contributed by atoms with van der Waals surface area (Å²) in [5.74, 6) is 0. The fourth-order valence-corrected chi connectivity index (χ4v) is 0.528. The second-order valence-corrected chi connectivity index (χ2v) is 1.58. The Morgan fingerprint density at radius 1 is 1.50 bits per heavy atom. The van der Waals surface area contributed by atoms with Gasteiger partial charge in [0, 0.05) is 6.54 Å². The van der Waals surface area contributed by atoms with Crippen molar-refractivity contribution >= 4 is 6.09 Å². The SMILES string of the molecule is CCOC(=O)N(CC)OC. The molecule has 0 aliphatic heterocycles. The highest BCUT2D eigenvalue weighted by Crippen LogP contribution is 1.92. The summed E-state index contributed by atoms with van der Waals surface area (Å²) in [6, 6.07) is 0. The average Bonchev–Trinajstić information content (AvgIpc) is 1.91. The van der Waals surface area contributed by atoms with Crippen molar-refractivity contribution in [1.29, 1.82) is 0 Å². The Bertz CT molecular complexity index is 101. The van der Waals surface area contributed by atoms with Gasteiger partial charge in [-0.25, -0.2) is 4.79 Å². The minimum atomic E-state index is -0.437. The van der Waals surface area contributed by atoms with Gasteiger partial charge in [-0.1, -0.05) is 0 Å². The highest BCUT2D eigenvalue weighted by Gasteiger charge is 2.09. The van der Waals surface area contributed by atoms with Gasteiger partial charge in [-0.15, -0.1) is 0 Å². The summed E-state index contributed by atoms with van der Waals surface area (Å²) < 4.78 is 4.65. The van der Waals surface area contributed by atoms with Crippen LogP contribution in [0.15, 0.2) is 0 Å². The molecule has 0 aliphatic carbocycles. The Morgan fingerprint density at radius 2 is 2.10 bits per heavy atom. The molecule has 4 heteroatoms. The van der Waals surface area contributed by atoms with Gasteiger partial charge in [-0.2, -0.15) is 5.06 Å². The van der Waals surface area contributed by atoms with Crippen molar-refractivity contribution in [3.8, 4) is 0 Å². The Hall–Kier alpha value is -0.770. The summed E-state index contributed by atoms with van der Waals surface area (Å²) >= 11 is 0. The minimum absolute atomic E-state index is 0.374. The number of amides is 1. The van der Waals surface area contributed by atoms with Crippen molar-refractivity contribution in [2.24, 2.45) is 0 Å². The third kappa shape index (κ3) is 2.68. The molecule has 0 aromatic heterocycles. The Balaban J connectivity index is 3.65. The fraction of sp³-hybridized carbons (Fsp3) is 0.833. The molecule has 0 fully saturated rings. The maximum atomic E-state index is 10.8. The second-order valence-electron chi connectivity index (χ2n) is 1.58. The second kappa shape index (κ2) is 5.05. The van der Waals surface area contributed by atoms with Crippen LogP contribution in [0.1, 0.15) is 13.8 Å². The van der Waals surface area contributed by atoms with E-state index in [2.05, 4.69) is 9.57 Å². The number of carbonyl (C=O) groups is 1. The van der Waals surface area contributed by atoms with Gasteiger partial charge in [0.2, 0.25) is 0 Å². The van der Waals surface area contributed by atoms with Crippen LogP contribution < -0.4 is 0 Å². The van der Waals surface area contributed by atoms with Gasteiger partial charge in [0.05, 0.1) is 13.7 Å². The van der Waals surface area contributed by atoms with Crippen LogP contribution in [0.2, 0.25) is 0 Å². The molecule has 0 radical (unpaired) electrons. The smallest absolute Gasteiger partial charge is 0.433 e. The topological polar surface area (TPSA) is 38.8 Å². The predicted octanol–water partition coefficient (Wildman–Crippen LogP) is 1.03. The molecule has 0 bridgehead atoms. The lowest BCUT2D eigenvalue weighted by Gasteiger charge is -2.15. The number of carbonyl (C=O) groups excluding carboxylic acids is 1. The molecule has 0 spiro atoms. The van der Waals surface area contributed by atoms with E-state index in [0.29, 0.717) is 13.2 Å². The maximum absolute atomic E-state index is 10.8. The molecular weight excluding hydrogens is 134 g/mol. The minimum Gasteiger partial charge on any atom is -0.448 e. The van der Waals surface area contributed by atoms with E-state index in [1.54, 1.807) is 13.8 Å². The lowest BCUT2D eigenvalue weighted by Crippen LogP contribution is -2.30. The van der Waals surface area contributed by atoms with Gasteiger partial charge < -0.3 is 4.74 Å². The molecule has 0 heterocycles. The summed E-state index contributed by atoms with van der Waals surface area (Å²) in [5, 5.41) is 1.14. The van der Waals surface area contributed by atoms with Crippen LogP contribution in [-0.4, -0.2) is 31.4 Å². The van der Waals surface area contributed by atoms with Crippen LogP contribution in [0, 0.1) is 0 Å². The molecule has 1 amide bonds. The summed E-state index contributed by atoms with van der Waals surface area (Å²) in [6.45, 7) is 4.43. The number of hydroxylamine groups is 2. The molecule has 4 nitrogen and oxygen atoms in total. The van der Waals surface area contributed by atoms with E-state index in [0.717, 1.165) is 5.06 Å². The molecule has 0 atom stereocenters. The number of rotatable bonds is 3. The first-order valence-corrected chi connectivity index (χ1v) is 3.24. The molecule has 0 saturated carbocycles. The van der Waals surface area contributed by atoms with Gasteiger partial charge in [0.15, 0.2) is 0 Å². The Kier molecular flexibility index (Phi) is 4.66. The van der Waals surface area contributed by atoms with E-state index in [1.165, 1.54) is 7.11 Å². The van der Waals surface area contributed by atoms with Crippen LogP contribution in [-0.2, 0) is 9.57 Å². The van der Waals surface area contributed by atoms with Crippen LogP contribution in [0.4, 0.5) is 4.79 Å². The molecule has 0 rings (SSSR count). The lowest BCUT2D eigenvalue weighted by atomic mass is 10.7. The standard InChI is InChI=1S/C6H13NO3/c1-4-7(9-3)6(8)10-5-2/h4-5H2,1-3H3. The number of ether oxygens (including phenoxy) is 1. The first-order chi connectivity index (χ1) is 4.76. The summed E-state index contributed by atoms with van der Waals surface area (Å²) in [6.07, 6.45) is -0.437. The third-order valence-corrected chi connectivity index (χ3v) is 0.979. The highest BCUT2D eigenvalue weighted by molar-refractivity contribution is 5.66. The van der Waals surface area contributed by atoms with Crippen molar-refractivity contribution < 1.29 is 14.4 Å². The summed E-state index contributed by atoms with van der Waals surface area (Å²) in [4.78, 5) is 15.5. The van der Waals surface area contributed by atoms with E-state index < -0.39 is 6.09 Å². The number of hydrogen-bond donors (Lipinski definition) is 0. The molecular formula is C6H13NO3. The number of nitrogens with zero attached hydrogens (tertiary/aromatic N) is 1. The van der Waals surface area contributed by atoms with Crippen LogP contribution in [0.5, 0.6) is 0 Å². The largest absolute Gasteiger partial charge is 0.448 e. The van der Waals surface area contributed by atoms with Crippen molar-refractivity contribution in [3.63, 3.8) is 0 Å². The molecule has 10 heavy (non-hydrogen) atoms. The zero-order valence-corrected chi connectivity index (χ0v) is 6.59. The average molecular weight is 147 g/mol. The van der Waals surface area contributed by atoms with E-state index in [9.17, 15) is 4.79 Å². The molecule has 0 unspecified atom stereocenters. The molecule has 0 aromatic rings. The summed E-state index contributed by atoms with van der Waals surface area (Å²) in [5.41, 5.74) is 0. The van der Waals surface area contributed by atoms with Gasteiger partial charge in [-0.05, 0) is 13.8 Å². The van der Waals surface area contributed by atoms with E-state index in [4.69, 9.17) is 0 Å².